The largest absolute Gasteiger partial charge is 0.363 e. The minimum Gasteiger partial charge on any atom is -0.363 e. The van der Waals surface area contributed by atoms with Gasteiger partial charge >= 0.3 is 0 Å². The molecule has 1 aromatic rings. The van der Waals surface area contributed by atoms with Crippen LogP contribution in [0.25, 0.3) is 0 Å². The van der Waals surface area contributed by atoms with Gasteiger partial charge in [0.2, 0.25) is 0 Å². The van der Waals surface area contributed by atoms with E-state index in [0.29, 0.717) is 6.54 Å². The number of allylic oxidation sites excluding steroid dienone is 1. The van der Waals surface area contributed by atoms with E-state index in [0.717, 1.165) is 30.4 Å². The van der Waals surface area contributed by atoms with E-state index >= 15 is 0 Å². The second kappa shape index (κ2) is 9.18. The van der Waals surface area contributed by atoms with Crippen molar-refractivity contribution in [1.82, 2.24) is 15.6 Å². The van der Waals surface area contributed by atoms with Crippen LogP contribution in [0.5, 0.6) is 0 Å². The normalized spacial score (nSPS) is 15.1. The Morgan fingerprint density at radius 2 is 2.13 bits per heavy atom. The molecule has 0 aliphatic heterocycles. The summed E-state index contributed by atoms with van der Waals surface area (Å²) in [7, 11) is 5.80. The lowest BCUT2D eigenvalue weighted by molar-refractivity contribution is 0.665. The third-order valence-electron chi connectivity index (χ3n) is 4.03. The zero-order valence-corrected chi connectivity index (χ0v) is 14.6. The summed E-state index contributed by atoms with van der Waals surface area (Å²) in [4.78, 5) is 10.9. The monoisotopic (exact) mass is 315 g/mol. The van der Waals surface area contributed by atoms with Crippen molar-refractivity contribution in [2.75, 3.05) is 32.6 Å². The van der Waals surface area contributed by atoms with Gasteiger partial charge in [0, 0.05) is 27.7 Å². The third-order valence-corrected chi connectivity index (χ3v) is 4.03. The first-order valence-corrected chi connectivity index (χ1v) is 8.44. The van der Waals surface area contributed by atoms with Gasteiger partial charge in [-0.25, -0.2) is 4.98 Å². The van der Waals surface area contributed by atoms with E-state index in [1.807, 2.05) is 37.2 Å². The van der Waals surface area contributed by atoms with Crippen molar-refractivity contribution in [3.63, 3.8) is 0 Å². The predicted molar refractivity (Wildman–Crippen MR) is 97.9 cm³/mol. The maximum atomic E-state index is 4.60. The molecule has 5 heteroatoms. The summed E-state index contributed by atoms with van der Waals surface area (Å²) in [6.45, 7) is 1.60. The number of hydrogen-bond donors (Lipinski definition) is 2. The van der Waals surface area contributed by atoms with Crippen molar-refractivity contribution in [3.05, 3.63) is 35.5 Å². The summed E-state index contributed by atoms with van der Waals surface area (Å²) in [5.74, 6) is 1.80. The van der Waals surface area contributed by atoms with Gasteiger partial charge in [-0.15, -0.1) is 0 Å². The SMILES string of the molecule is CN=C(NCCC1=CCCCC1)NCc1cccc(N(C)C)n1. The first kappa shape index (κ1) is 17.3. The van der Waals surface area contributed by atoms with Gasteiger partial charge in [0.15, 0.2) is 5.96 Å². The Hall–Kier alpha value is -2.04. The molecule has 1 aromatic heterocycles. The van der Waals surface area contributed by atoms with Gasteiger partial charge in [-0.3, -0.25) is 4.99 Å². The van der Waals surface area contributed by atoms with Crippen LogP contribution in [0.1, 0.15) is 37.8 Å². The Bertz CT molecular complexity index is 548. The predicted octanol–water partition coefficient (Wildman–Crippen LogP) is 2.70. The summed E-state index contributed by atoms with van der Waals surface area (Å²) in [6, 6.07) is 6.07. The molecule has 1 aliphatic rings. The molecule has 1 aliphatic carbocycles. The number of hydrogen-bond acceptors (Lipinski definition) is 3. The van der Waals surface area contributed by atoms with Crippen LogP contribution in [0.15, 0.2) is 34.8 Å². The third kappa shape index (κ3) is 5.93. The van der Waals surface area contributed by atoms with Gasteiger partial charge in [-0.1, -0.05) is 17.7 Å². The highest BCUT2D eigenvalue weighted by molar-refractivity contribution is 5.79. The highest BCUT2D eigenvalue weighted by Crippen LogP contribution is 2.19. The number of nitrogens with zero attached hydrogens (tertiary/aromatic N) is 3. The Morgan fingerprint density at radius 1 is 1.26 bits per heavy atom. The Balaban J connectivity index is 1.76. The van der Waals surface area contributed by atoms with Crippen LogP contribution in [0.3, 0.4) is 0 Å². The fourth-order valence-corrected chi connectivity index (χ4v) is 2.68. The fourth-order valence-electron chi connectivity index (χ4n) is 2.68. The van der Waals surface area contributed by atoms with Crippen LogP contribution in [0, 0.1) is 0 Å². The van der Waals surface area contributed by atoms with E-state index in [9.17, 15) is 0 Å². The summed E-state index contributed by atoms with van der Waals surface area (Å²) >= 11 is 0. The maximum absolute atomic E-state index is 4.60. The Morgan fingerprint density at radius 3 is 2.83 bits per heavy atom. The van der Waals surface area contributed by atoms with E-state index in [1.165, 1.54) is 25.7 Å². The zero-order chi connectivity index (χ0) is 16.5. The molecule has 0 aromatic carbocycles. The highest BCUT2D eigenvalue weighted by Gasteiger charge is 2.05. The molecule has 2 rings (SSSR count). The second-order valence-corrected chi connectivity index (χ2v) is 6.09. The lowest BCUT2D eigenvalue weighted by Crippen LogP contribution is -2.37. The topological polar surface area (TPSA) is 52.6 Å². The standard InChI is InChI=1S/C18H29N5/c1-19-18(20-13-12-15-8-5-4-6-9-15)21-14-16-10-7-11-17(22-16)23(2)3/h7-8,10-11H,4-6,9,12-14H2,1-3H3,(H2,19,20,21). The van der Waals surface area contributed by atoms with Crippen LogP contribution in [-0.4, -0.2) is 38.6 Å². The second-order valence-electron chi connectivity index (χ2n) is 6.09. The molecule has 23 heavy (non-hydrogen) atoms. The maximum Gasteiger partial charge on any atom is 0.191 e. The average Bonchev–Trinajstić information content (AvgIpc) is 2.59. The molecular formula is C18H29N5. The molecule has 0 saturated heterocycles. The van der Waals surface area contributed by atoms with Crippen molar-refractivity contribution in [3.8, 4) is 0 Å². The zero-order valence-electron chi connectivity index (χ0n) is 14.6. The number of nitrogens with one attached hydrogen (secondary N) is 2. The van der Waals surface area contributed by atoms with Crippen LogP contribution in [-0.2, 0) is 6.54 Å². The van der Waals surface area contributed by atoms with E-state index in [2.05, 4.69) is 26.7 Å². The summed E-state index contributed by atoms with van der Waals surface area (Å²) < 4.78 is 0. The number of aliphatic imine (C=N–C) groups is 1. The molecule has 0 amide bonds. The first-order valence-electron chi connectivity index (χ1n) is 8.44. The first-order chi connectivity index (χ1) is 11.2. The molecule has 0 atom stereocenters. The van der Waals surface area contributed by atoms with Crippen LogP contribution >= 0.6 is 0 Å². The highest BCUT2D eigenvalue weighted by atomic mass is 15.2. The molecule has 5 nitrogen and oxygen atoms in total. The molecule has 0 radical (unpaired) electrons. The van der Waals surface area contributed by atoms with Gasteiger partial charge in [-0.05, 0) is 44.2 Å². The fraction of sp³-hybridized carbons (Fsp3) is 0.556. The van der Waals surface area contributed by atoms with Crippen molar-refractivity contribution in [2.45, 2.75) is 38.6 Å². The summed E-state index contributed by atoms with van der Waals surface area (Å²) in [6.07, 6.45) is 8.70. The van der Waals surface area contributed by atoms with Crippen molar-refractivity contribution in [1.29, 1.82) is 0 Å². The number of rotatable bonds is 6. The van der Waals surface area contributed by atoms with Gasteiger partial charge < -0.3 is 15.5 Å². The van der Waals surface area contributed by atoms with Gasteiger partial charge in [0.1, 0.15) is 5.82 Å². The van der Waals surface area contributed by atoms with Crippen molar-refractivity contribution >= 4 is 11.8 Å². The van der Waals surface area contributed by atoms with Crippen molar-refractivity contribution < 1.29 is 0 Å². The molecule has 0 fully saturated rings. The molecule has 0 saturated carbocycles. The Kier molecular flexibility index (Phi) is 6.91. The summed E-state index contributed by atoms with van der Waals surface area (Å²) in [5, 5.41) is 6.71. The average molecular weight is 315 g/mol. The summed E-state index contributed by atoms with van der Waals surface area (Å²) in [5.41, 5.74) is 2.59. The van der Waals surface area contributed by atoms with Gasteiger partial charge in [0.05, 0.1) is 12.2 Å². The molecule has 0 bridgehead atoms. The van der Waals surface area contributed by atoms with E-state index in [-0.39, 0.29) is 0 Å². The van der Waals surface area contributed by atoms with Gasteiger partial charge in [-0.2, -0.15) is 0 Å². The van der Waals surface area contributed by atoms with Crippen LogP contribution in [0.4, 0.5) is 5.82 Å². The lowest BCUT2D eigenvalue weighted by atomic mass is 9.97. The number of guanidine groups is 1. The van der Waals surface area contributed by atoms with Crippen LogP contribution in [0.2, 0.25) is 0 Å². The van der Waals surface area contributed by atoms with E-state index in [4.69, 9.17) is 0 Å². The molecule has 1 heterocycles. The lowest BCUT2D eigenvalue weighted by Gasteiger charge is -2.16. The van der Waals surface area contributed by atoms with E-state index < -0.39 is 0 Å². The molecule has 2 N–H and O–H groups in total. The van der Waals surface area contributed by atoms with Crippen LogP contribution < -0.4 is 15.5 Å². The van der Waals surface area contributed by atoms with E-state index in [1.54, 1.807) is 12.6 Å². The van der Waals surface area contributed by atoms with Gasteiger partial charge in [0.25, 0.3) is 0 Å². The molecular weight excluding hydrogens is 286 g/mol. The molecule has 0 unspecified atom stereocenters. The molecule has 0 spiro atoms. The molecule has 126 valence electrons. The number of pyridine rings is 1. The number of anilines is 1. The van der Waals surface area contributed by atoms with Crippen molar-refractivity contribution in [2.24, 2.45) is 4.99 Å². The quantitative estimate of drug-likeness (QED) is 0.481. The number of aromatic nitrogens is 1. The minimum absolute atomic E-state index is 0.671. The smallest absolute Gasteiger partial charge is 0.191 e. The Labute approximate surface area is 139 Å². The minimum atomic E-state index is 0.671.